The topological polar surface area (TPSA) is 64.3 Å². The fraction of sp³-hybridized carbons (Fsp3) is 0.462. The van der Waals surface area contributed by atoms with E-state index in [0.717, 1.165) is 27.4 Å². The van der Waals surface area contributed by atoms with Gasteiger partial charge in [0.15, 0.2) is 6.61 Å². The smallest absolute Gasteiger partial charge is 0.257 e. The lowest BCUT2D eigenvalue weighted by Crippen LogP contribution is -2.29. The summed E-state index contributed by atoms with van der Waals surface area (Å²) in [5.74, 6) is 0.513. The van der Waals surface area contributed by atoms with Crippen LogP contribution in [0.25, 0.3) is 0 Å². The summed E-state index contributed by atoms with van der Waals surface area (Å²) in [4.78, 5) is 11.5. The van der Waals surface area contributed by atoms with Gasteiger partial charge in [0.2, 0.25) is 0 Å². The van der Waals surface area contributed by atoms with Gasteiger partial charge in [-0.25, -0.2) is 0 Å². The highest BCUT2D eigenvalue weighted by Crippen LogP contribution is 2.34. The summed E-state index contributed by atoms with van der Waals surface area (Å²) in [6.45, 7) is 3.27. The van der Waals surface area contributed by atoms with E-state index in [1.165, 1.54) is 0 Å². The molecule has 1 rings (SSSR count). The number of nitrogens with two attached hydrogens (primary N) is 1. The summed E-state index contributed by atoms with van der Waals surface area (Å²) in [5.41, 5.74) is 6.64. The van der Waals surface area contributed by atoms with Crippen molar-refractivity contribution in [2.75, 3.05) is 19.7 Å². The van der Waals surface area contributed by atoms with Gasteiger partial charge in [0.05, 0.1) is 8.95 Å². The van der Waals surface area contributed by atoms with E-state index in [2.05, 4.69) is 37.2 Å². The van der Waals surface area contributed by atoms with Crippen molar-refractivity contribution in [3.8, 4) is 5.75 Å². The molecule has 1 amide bonds. The Labute approximate surface area is 130 Å². The van der Waals surface area contributed by atoms with Crippen LogP contribution in [0.3, 0.4) is 0 Å². The Morgan fingerprint density at radius 2 is 2.00 bits per heavy atom. The lowest BCUT2D eigenvalue weighted by Gasteiger charge is -2.12. The summed E-state index contributed by atoms with van der Waals surface area (Å²) in [7, 11) is 0. The largest absolute Gasteiger partial charge is 0.481 e. The van der Waals surface area contributed by atoms with Crippen LogP contribution in [0, 0.1) is 0 Å². The zero-order valence-electron chi connectivity index (χ0n) is 10.8. The van der Waals surface area contributed by atoms with Gasteiger partial charge in [-0.3, -0.25) is 4.79 Å². The summed E-state index contributed by atoms with van der Waals surface area (Å²) >= 11 is 6.89. The molecule has 0 aliphatic rings. The Hall–Kier alpha value is -0.590. The quantitative estimate of drug-likeness (QED) is 0.748. The average molecular weight is 394 g/mol. The second-order valence-electron chi connectivity index (χ2n) is 4.07. The molecule has 0 saturated carbocycles. The maximum Gasteiger partial charge on any atom is 0.257 e. The molecule has 0 saturated heterocycles. The SMILES string of the molecule is CCCNC(=O)COc1c(Br)cc(CCN)cc1Br. The summed E-state index contributed by atoms with van der Waals surface area (Å²) in [6.07, 6.45) is 1.71. The van der Waals surface area contributed by atoms with Crippen molar-refractivity contribution in [2.45, 2.75) is 19.8 Å². The van der Waals surface area contributed by atoms with Crippen molar-refractivity contribution in [3.05, 3.63) is 26.6 Å². The number of amides is 1. The number of ether oxygens (including phenoxy) is 1. The van der Waals surface area contributed by atoms with Crippen LogP contribution in [0.15, 0.2) is 21.1 Å². The molecule has 0 aliphatic carbocycles. The Bertz CT molecular complexity index is 416. The zero-order chi connectivity index (χ0) is 14.3. The first-order chi connectivity index (χ1) is 9.08. The molecule has 1 aromatic carbocycles. The molecule has 0 heterocycles. The van der Waals surface area contributed by atoms with Crippen LogP contribution in [0.5, 0.6) is 5.75 Å². The highest BCUT2D eigenvalue weighted by Gasteiger charge is 2.10. The molecule has 4 nitrogen and oxygen atoms in total. The summed E-state index contributed by atoms with van der Waals surface area (Å²) < 4.78 is 7.15. The number of carbonyl (C=O) groups excluding carboxylic acids is 1. The van der Waals surface area contributed by atoms with Crippen molar-refractivity contribution in [1.29, 1.82) is 0 Å². The Morgan fingerprint density at radius 3 is 2.53 bits per heavy atom. The normalized spacial score (nSPS) is 10.3. The van der Waals surface area contributed by atoms with Crippen molar-refractivity contribution in [2.24, 2.45) is 5.73 Å². The molecule has 1 aromatic rings. The molecule has 19 heavy (non-hydrogen) atoms. The molecule has 0 spiro atoms. The van der Waals surface area contributed by atoms with Gasteiger partial charge in [-0.15, -0.1) is 0 Å². The van der Waals surface area contributed by atoms with E-state index in [1.54, 1.807) is 0 Å². The van der Waals surface area contributed by atoms with Gasteiger partial charge in [0.25, 0.3) is 5.91 Å². The van der Waals surface area contributed by atoms with E-state index in [0.29, 0.717) is 18.8 Å². The second-order valence-corrected chi connectivity index (χ2v) is 5.77. The predicted molar refractivity (Wildman–Crippen MR) is 83.4 cm³/mol. The first-order valence-electron chi connectivity index (χ1n) is 6.16. The van der Waals surface area contributed by atoms with Crippen LogP contribution in [-0.4, -0.2) is 25.6 Å². The Balaban J connectivity index is 2.65. The zero-order valence-corrected chi connectivity index (χ0v) is 14.0. The Kier molecular flexibility index (Phi) is 7.41. The molecule has 106 valence electrons. The van der Waals surface area contributed by atoms with E-state index in [1.807, 2.05) is 19.1 Å². The highest BCUT2D eigenvalue weighted by molar-refractivity contribution is 9.11. The highest BCUT2D eigenvalue weighted by atomic mass is 79.9. The van der Waals surface area contributed by atoms with E-state index in [-0.39, 0.29) is 12.5 Å². The molecule has 0 atom stereocenters. The molecular formula is C13H18Br2N2O2. The van der Waals surface area contributed by atoms with Gasteiger partial charge in [-0.05, 0) is 68.9 Å². The van der Waals surface area contributed by atoms with Gasteiger partial charge in [-0.1, -0.05) is 6.92 Å². The van der Waals surface area contributed by atoms with Crippen molar-refractivity contribution < 1.29 is 9.53 Å². The fourth-order valence-corrected chi connectivity index (χ4v) is 3.02. The number of rotatable bonds is 7. The number of hydrogen-bond donors (Lipinski definition) is 2. The minimum absolute atomic E-state index is 0.00738. The van der Waals surface area contributed by atoms with Crippen molar-refractivity contribution in [3.63, 3.8) is 0 Å². The van der Waals surface area contributed by atoms with Crippen LogP contribution < -0.4 is 15.8 Å². The minimum Gasteiger partial charge on any atom is -0.481 e. The lowest BCUT2D eigenvalue weighted by molar-refractivity contribution is -0.123. The average Bonchev–Trinajstić information content (AvgIpc) is 2.35. The molecule has 0 unspecified atom stereocenters. The fourth-order valence-electron chi connectivity index (χ4n) is 1.51. The summed E-state index contributed by atoms with van der Waals surface area (Å²) in [6, 6.07) is 3.91. The molecule has 0 aliphatic heterocycles. The molecule has 0 bridgehead atoms. The van der Waals surface area contributed by atoms with Gasteiger partial charge in [-0.2, -0.15) is 0 Å². The third kappa shape index (κ3) is 5.50. The standard InChI is InChI=1S/C13H18Br2N2O2/c1-2-5-17-12(18)8-19-13-10(14)6-9(3-4-16)7-11(13)15/h6-7H,2-5,8,16H2,1H3,(H,17,18). The molecular weight excluding hydrogens is 376 g/mol. The van der Waals surface area contributed by atoms with Gasteiger partial charge < -0.3 is 15.8 Å². The van der Waals surface area contributed by atoms with Crippen LogP contribution >= 0.6 is 31.9 Å². The van der Waals surface area contributed by atoms with Crippen molar-refractivity contribution >= 4 is 37.8 Å². The number of hydrogen-bond acceptors (Lipinski definition) is 3. The molecule has 0 fully saturated rings. The number of benzene rings is 1. The van der Waals surface area contributed by atoms with Crippen LogP contribution in [0.2, 0.25) is 0 Å². The van der Waals surface area contributed by atoms with Crippen molar-refractivity contribution in [1.82, 2.24) is 5.32 Å². The monoisotopic (exact) mass is 392 g/mol. The Morgan fingerprint density at radius 1 is 1.37 bits per heavy atom. The van der Waals surface area contributed by atoms with E-state index in [9.17, 15) is 4.79 Å². The van der Waals surface area contributed by atoms with E-state index < -0.39 is 0 Å². The maximum absolute atomic E-state index is 11.5. The minimum atomic E-state index is -0.119. The molecule has 0 radical (unpaired) electrons. The molecule has 0 aromatic heterocycles. The molecule has 3 N–H and O–H groups in total. The van der Waals surface area contributed by atoms with E-state index >= 15 is 0 Å². The lowest BCUT2D eigenvalue weighted by atomic mass is 10.1. The molecule has 6 heteroatoms. The number of carbonyl (C=O) groups is 1. The van der Waals surface area contributed by atoms with Crippen LogP contribution in [0.1, 0.15) is 18.9 Å². The number of halogens is 2. The first-order valence-corrected chi connectivity index (χ1v) is 7.74. The van der Waals surface area contributed by atoms with E-state index in [4.69, 9.17) is 10.5 Å². The van der Waals surface area contributed by atoms with Gasteiger partial charge in [0.1, 0.15) is 5.75 Å². The third-order valence-corrected chi connectivity index (χ3v) is 3.59. The van der Waals surface area contributed by atoms with Crippen LogP contribution in [0.4, 0.5) is 0 Å². The van der Waals surface area contributed by atoms with Gasteiger partial charge in [0, 0.05) is 6.54 Å². The first kappa shape index (κ1) is 16.5. The predicted octanol–water partition coefficient (Wildman–Crippen LogP) is 2.62. The summed E-state index contributed by atoms with van der Waals surface area (Å²) in [5, 5.41) is 2.76. The third-order valence-electron chi connectivity index (χ3n) is 2.41. The maximum atomic E-state index is 11.5. The van der Waals surface area contributed by atoms with Gasteiger partial charge >= 0.3 is 0 Å². The van der Waals surface area contributed by atoms with Crippen LogP contribution in [-0.2, 0) is 11.2 Å². The number of nitrogens with one attached hydrogen (secondary N) is 1. The second kappa shape index (κ2) is 8.55.